The second-order valence-electron chi connectivity index (χ2n) is 3.07. The van der Waals surface area contributed by atoms with Crippen LogP contribution in [0.15, 0.2) is 30.3 Å². The zero-order chi connectivity index (χ0) is 12.4. The summed E-state index contributed by atoms with van der Waals surface area (Å²) in [4.78, 5) is 27.9. The second kappa shape index (κ2) is 4.00. The molecule has 0 bridgehead atoms. The van der Waals surface area contributed by atoms with Gasteiger partial charge in [0.2, 0.25) is 5.75 Å². The first-order chi connectivity index (χ1) is 8.08. The number of nitrogens with zero attached hydrogens (tertiary/aromatic N) is 3. The summed E-state index contributed by atoms with van der Waals surface area (Å²) < 4.78 is 0. The molecule has 1 heterocycles. The van der Waals surface area contributed by atoms with Gasteiger partial charge in [0, 0.05) is 5.39 Å². The number of nitro groups is 1. The Hall–Kier alpha value is -2.77. The van der Waals surface area contributed by atoms with Gasteiger partial charge in [0.25, 0.3) is 5.09 Å². The van der Waals surface area contributed by atoms with Crippen molar-refractivity contribution in [2.45, 2.75) is 0 Å². The van der Waals surface area contributed by atoms with E-state index in [4.69, 9.17) is 0 Å². The molecule has 1 aromatic heterocycles. The van der Waals surface area contributed by atoms with E-state index in [1.54, 1.807) is 24.3 Å². The van der Waals surface area contributed by atoms with E-state index in [0.717, 1.165) is 0 Å². The lowest BCUT2D eigenvalue weighted by atomic mass is 10.2. The van der Waals surface area contributed by atoms with Crippen molar-refractivity contribution in [2.24, 2.45) is 0 Å². The summed E-state index contributed by atoms with van der Waals surface area (Å²) in [6.45, 7) is 0. The van der Waals surface area contributed by atoms with E-state index < -0.39 is 21.6 Å². The molecule has 0 aliphatic rings. The van der Waals surface area contributed by atoms with Crippen LogP contribution in [0.3, 0.4) is 0 Å². The summed E-state index contributed by atoms with van der Waals surface area (Å²) in [6.07, 6.45) is 0. The highest BCUT2D eigenvalue weighted by Crippen LogP contribution is 2.28. The highest BCUT2D eigenvalue weighted by Gasteiger charge is 2.20. The van der Waals surface area contributed by atoms with Crippen molar-refractivity contribution >= 4 is 16.7 Å². The van der Waals surface area contributed by atoms with Gasteiger partial charge in [-0.25, -0.2) is 0 Å². The minimum atomic E-state index is -1.11. The summed E-state index contributed by atoms with van der Waals surface area (Å²) in [6, 6.07) is 7.75. The highest BCUT2D eigenvalue weighted by atomic mass is 17.0. The van der Waals surface area contributed by atoms with Crippen LogP contribution in [0.4, 0.5) is 5.82 Å². The molecule has 0 fully saturated rings. The van der Waals surface area contributed by atoms with Crippen molar-refractivity contribution in [1.29, 1.82) is 0 Å². The SMILES string of the molecule is O=[N+]([O-])Oc1cc2ccccc2nc1[N+](=O)[O-]. The second-order valence-corrected chi connectivity index (χ2v) is 3.07. The number of hydrogen-bond donors (Lipinski definition) is 0. The lowest BCUT2D eigenvalue weighted by Gasteiger charge is -2.01. The number of pyridine rings is 1. The molecule has 0 unspecified atom stereocenters. The van der Waals surface area contributed by atoms with Crippen LogP contribution in [0.1, 0.15) is 0 Å². The Kier molecular flexibility index (Phi) is 2.53. The van der Waals surface area contributed by atoms with E-state index in [1.807, 2.05) is 0 Å². The van der Waals surface area contributed by atoms with Crippen LogP contribution in [0, 0.1) is 20.2 Å². The molecule has 2 rings (SSSR count). The third-order valence-electron chi connectivity index (χ3n) is 2.02. The maximum Gasteiger partial charge on any atom is 0.394 e. The van der Waals surface area contributed by atoms with E-state index in [2.05, 4.69) is 9.82 Å². The molecule has 0 saturated heterocycles. The topological polar surface area (TPSA) is 108 Å². The van der Waals surface area contributed by atoms with Crippen LogP contribution >= 0.6 is 0 Å². The average Bonchev–Trinajstić information content (AvgIpc) is 2.27. The van der Waals surface area contributed by atoms with Crippen molar-refractivity contribution in [3.63, 3.8) is 0 Å². The van der Waals surface area contributed by atoms with Crippen LogP contribution in [0.2, 0.25) is 0 Å². The van der Waals surface area contributed by atoms with Gasteiger partial charge in [-0.05, 0) is 22.0 Å². The average molecular weight is 235 g/mol. The summed E-state index contributed by atoms with van der Waals surface area (Å²) in [7, 11) is 0. The fourth-order valence-electron chi connectivity index (χ4n) is 1.36. The smallest absolute Gasteiger partial charge is 0.358 e. The molecule has 17 heavy (non-hydrogen) atoms. The summed E-state index contributed by atoms with van der Waals surface area (Å²) in [5.74, 6) is -1.17. The predicted octanol–water partition coefficient (Wildman–Crippen LogP) is 1.71. The van der Waals surface area contributed by atoms with Gasteiger partial charge in [-0.15, -0.1) is 10.1 Å². The van der Waals surface area contributed by atoms with Crippen molar-refractivity contribution in [2.75, 3.05) is 0 Å². The van der Waals surface area contributed by atoms with E-state index in [-0.39, 0.29) is 0 Å². The number of rotatable bonds is 3. The van der Waals surface area contributed by atoms with Crippen molar-refractivity contribution in [3.8, 4) is 5.75 Å². The normalized spacial score (nSPS) is 10.1. The number of benzene rings is 1. The molecule has 0 saturated carbocycles. The Morgan fingerprint density at radius 2 is 1.88 bits per heavy atom. The monoisotopic (exact) mass is 235 g/mol. The molecule has 0 radical (unpaired) electrons. The number of aromatic nitrogens is 1. The molecule has 0 amide bonds. The molecule has 8 nitrogen and oxygen atoms in total. The fourth-order valence-corrected chi connectivity index (χ4v) is 1.36. The Morgan fingerprint density at radius 1 is 1.18 bits per heavy atom. The third-order valence-corrected chi connectivity index (χ3v) is 2.02. The Labute approximate surface area is 93.7 Å². The molecular formula is C9H5N3O5. The van der Waals surface area contributed by atoms with Gasteiger partial charge in [0.1, 0.15) is 0 Å². The zero-order valence-corrected chi connectivity index (χ0v) is 8.27. The zero-order valence-electron chi connectivity index (χ0n) is 8.27. The number of fused-ring (bicyclic) bond motifs is 1. The van der Waals surface area contributed by atoms with Gasteiger partial charge >= 0.3 is 5.82 Å². The van der Waals surface area contributed by atoms with Gasteiger partial charge in [-0.1, -0.05) is 18.2 Å². The van der Waals surface area contributed by atoms with Gasteiger partial charge < -0.3 is 10.1 Å². The van der Waals surface area contributed by atoms with Crippen molar-refractivity contribution < 1.29 is 14.8 Å². The van der Waals surface area contributed by atoms with Crippen LogP contribution in [-0.2, 0) is 0 Å². The maximum absolute atomic E-state index is 10.7. The Balaban J connectivity index is 2.66. The predicted molar refractivity (Wildman–Crippen MR) is 56.0 cm³/mol. The molecule has 0 spiro atoms. The fraction of sp³-hybridized carbons (Fsp3) is 0. The number of para-hydroxylation sites is 1. The Morgan fingerprint density at radius 3 is 2.53 bits per heavy atom. The molecule has 8 heteroatoms. The lowest BCUT2D eigenvalue weighted by Crippen LogP contribution is -2.06. The molecule has 2 aromatic rings. The van der Waals surface area contributed by atoms with Crippen molar-refractivity contribution in [3.05, 3.63) is 50.6 Å². The standard InChI is InChI=1S/C9H5N3O5/c13-11(14)9-8(17-12(15)16)5-6-3-1-2-4-7(6)10-9/h1-5H. The first-order valence-corrected chi connectivity index (χ1v) is 4.44. The summed E-state index contributed by atoms with van der Waals surface area (Å²) in [5.41, 5.74) is 0.370. The van der Waals surface area contributed by atoms with Crippen molar-refractivity contribution in [1.82, 2.24) is 4.98 Å². The van der Waals surface area contributed by atoms with Gasteiger partial charge in [-0.3, -0.25) is 4.84 Å². The minimum absolute atomic E-state index is 0.370. The molecule has 0 N–H and O–H groups in total. The Bertz CT molecular complexity index is 613. The van der Waals surface area contributed by atoms with E-state index in [1.165, 1.54) is 6.07 Å². The largest absolute Gasteiger partial charge is 0.394 e. The van der Waals surface area contributed by atoms with Gasteiger partial charge in [0.15, 0.2) is 5.52 Å². The molecule has 1 aromatic carbocycles. The highest BCUT2D eigenvalue weighted by molar-refractivity contribution is 5.81. The quantitative estimate of drug-likeness (QED) is 0.591. The summed E-state index contributed by atoms with van der Waals surface area (Å²) in [5, 5.41) is 20.3. The molecule has 0 aliphatic heterocycles. The van der Waals surface area contributed by atoms with Crippen LogP contribution in [0.25, 0.3) is 10.9 Å². The minimum Gasteiger partial charge on any atom is -0.358 e. The molecule has 86 valence electrons. The number of hydrogen-bond acceptors (Lipinski definition) is 6. The van der Waals surface area contributed by atoms with Gasteiger partial charge in [-0.2, -0.15) is 0 Å². The maximum atomic E-state index is 10.7. The first-order valence-electron chi connectivity index (χ1n) is 4.44. The van der Waals surface area contributed by atoms with Crippen LogP contribution in [0.5, 0.6) is 5.75 Å². The first kappa shape index (κ1) is 10.7. The van der Waals surface area contributed by atoms with E-state index >= 15 is 0 Å². The van der Waals surface area contributed by atoms with E-state index in [9.17, 15) is 20.2 Å². The van der Waals surface area contributed by atoms with Gasteiger partial charge in [0.05, 0.1) is 0 Å². The van der Waals surface area contributed by atoms with Crippen LogP contribution < -0.4 is 4.84 Å². The molecule has 0 aliphatic carbocycles. The molecular weight excluding hydrogens is 230 g/mol. The summed E-state index contributed by atoms with van der Waals surface area (Å²) >= 11 is 0. The third kappa shape index (κ3) is 2.09. The lowest BCUT2D eigenvalue weighted by molar-refractivity contribution is -0.711. The van der Waals surface area contributed by atoms with E-state index in [0.29, 0.717) is 10.9 Å². The molecule has 0 atom stereocenters. The van der Waals surface area contributed by atoms with Crippen LogP contribution in [-0.4, -0.2) is 15.0 Å².